The van der Waals surface area contributed by atoms with Crippen molar-refractivity contribution in [3.63, 3.8) is 0 Å². The molecule has 1 atom stereocenters. The number of carbonyl (C=O) groups is 1. The number of methoxy groups -OCH3 is 1. The lowest BCUT2D eigenvalue weighted by Gasteiger charge is -2.17. The van der Waals surface area contributed by atoms with Gasteiger partial charge in [0, 0.05) is 43.4 Å². The molecule has 1 N–H and O–H groups in total. The highest BCUT2D eigenvalue weighted by Gasteiger charge is 2.15. The van der Waals surface area contributed by atoms with E-state index in [-0.39, 0.29) is 17.5 Å². The number of pyridine rings is 1. The average Bonchev–Trinajstić information content (AvgIpc) is 2.94. The lowest BCUT2D eigenvalue weighted by Crippen LogP contribution is -2.26. The Morgan fingerprint density at radius 1 is 1.44 bits per heavy atom. The van der Waals surface area contributed by atoms with Crippen LogP contribution in [-0.4, -0.2) is 35.7 Å². The van der Waals surface area contributed by atoms with E-state index < -0.39 is 0 Å². The van der Waals surface area contributed by atoms with Crippen molar-refractivity contribution in [3.05, 3.63) is 58.7 Å². The summed E-state index contributed by atoms with van der Waals surface area (Å²) in [4.78, 5) is 16.6. The summed E-state index contributed by atoms with van der Waals surface area (Å²) in [6.45, 7) is 7.10. The first-order valence-corrected chi connectivity index (χ1v) is 8.95. The molecule has 2 aromatic heterocycles. The molecule has 2 aromatic rings. The van der Waals surface area contributed by atoms with Crippen molar-refractivity contribution in [1.29, 1.82) is 5.26 Å². The second kappa shape index (κ2) is 9.70. The number of amides is 1. The zero-order valence-corrected chi connectivity index (χ0v) is 16.3. The van der Waals surface area contributed by atoms with Gasteiger partial charge in [-0.15, -0.1) is 0 Å². The highest BCUT2D eigenvalue weighted by Crippen LogP contribution is 2.22. The number of aromatic nitrogens is 2. The number of rotatable bonds is 8. The Morgan fingerprint density at radius 3 is 2.85 bits per heavy atom. The van der Waals surface area contributed by atoms with Gasteiger partial charge in [0.15, 0.2) is 0 Å². The van der Waals surface area contributed by atoms with Gasteiger partial charge in [-0.2, -0.15) is 5.26 Å². The van der Waals surface area contributed by atoms with E-state index >= 15 is 0 Å². The first-order chi connectivity index (χ1) is 13.0. The third kappa shape index (κ3) is 5.28. The lowest BCUT2D eigenvalue weighted by molar-refractivity contribution is -0.117. The van der Waals surface area contributed by atoms with Gasteiger partial charge in [0.25, 0.3) is 5.91 Å². The van der Waals surface area contributed by atoms with Gasteiger partial charge in [-0.1, -0.05) is 6.07 Å². The van der Waals surface area contributed by atoms with Crippen LogP contribution in [0.5, 0.6) is 0 Å². The Labute approximate surface area is 160 Å². The molecule has 0 bridgehead atoms. The van der Waals surface area contributed by atoms with Crippen LogP contribution in [0.3, 0.4) is 0 Å². The average molecular weight is 366 g/mol. The van der Waals surface area contributed by atoms with E-state index in [2.05, 4.69) is 21.8 Å². The van der Waals surface area contributed by atoms with E-state index in [1.54, 1.807) is 19.4 Å². The number of hydrogen-bond acceptors (Lipinski definition) is 4. The molecule has 6 heteroatoms. The molecule has 0 aliphatic heterocycles. The minimum Gasteiger partial charge on any atom is -0.383 e. The Hall–Kier alpha value is -2.91. The molecule has 0 radical (unpaired) electrons. The molecule has 6 nitrogen and oxygen atoms in total. The molecule has 0 spiro atoms. The van der Waals surface area contributed by atoms with Gasteiger partial charge >= 0.3 is 0 Å². The van der Waals surface area contributed by atoms with Crippen LogP contribution in [0.1, 0.15) is 35.6 Å². The van der Waals surface area contributed by atoms with Crippen LogP contribution in [0.2, 0.25) is 0 Å². The van der Waals surface area contributed by atoms with Gasteiger partial charge in [0.05, 0.1) is 12.6 Å². The number of ether oxygens (including phenoxy) is 1. The highest BCUT2D eigenvalue weighted by molar-refractivity contribution is 6.01. The smallest absolute Gasteiger partial charge is 0.261 e. The second-order valence-electron chi connectivity index (χ2n) is 6.50. The Morgan fingerprint density at radius 2 is 2.22 bits per heavy atom. The van der Waals surface area contributed by atoms with E-state index in [1.165, 1.54) is 0 Å². The number of nitrogens with one attached hydrogen (secondary N) is 1. The van der Waals surface area contributed by atoms with Crippen molar-refractivity contribution < 1.29 is 9.53 Å². The summed E-state index contributed by atoms with van der Waals surface area (Å²) in [7, 11) is 1.68. The van der Waals surface area contributed by atoms with E-state index in [0.29, 0.717) is 19.6 Å². The van der Waals surface area contributed by atoms with Gasteiger partial charge in [-0.05, 0) is 50.6 Å². The normalized spacial score (nSPS) is 12.5. The molecule has 1 unspecified atom stereocenters. The summed E-state index contributed by atoms with van der Waals surface area (Å²) in [5, 5.41) is 12.2. The lowest BCUT2D eigenvalue weighted by atomic mass is 10.1. The van der Waals surface area contributed by atoms with Crippen LogP contribution in [0.25, 0.3) is 6.08 Å². The van der Waals surface area contributed by atoms with Crippen molar-refractivity contribution in [1.82, 2.24) is 14.9 Å². The van der Waals surface area contributed by atoms with Crippen molar-refractivity contribution in [2.75, 3.05) is 20.3 Å². The Bertz CT molecular complexity index is 847. The topological polar surface area (TPSA) is 79.9 Å². The predicted octanol–water partition coefficient (Wildman–Crippen LogP) is 2.97. The molecular weight excluding hydrogens is 340 g/mol. The standard InChI is InChI=1S/C21H26N4O2/c1-15-11-18(17(3)25(15)16(2)14-27-4)12-19(13-22)21(26)24-10-8-20-7-5-6-9-23-20/h5-7,9,11-12,16H,8,10,14H2,1-4H3,(H,24,26)/b19-12+. The predicted molar refractivity (Wildman–Crippen MR) is 105 cm³/mol. The van der Waals surface area contributed by atoms with Gasteiger partial charge in [0.1, 0.15) is 11.6 Å². The zero-order valence-electron chi connectivity index (χ0n) is 16.3. The molecule has 142 valence electrons. The van der Waals surface area contributed by atoms with E-state index in [9.17, 15) is 10.1 Å². The fourth-order valence-corrected chi connectivity index (χ4v) is 3.19. The summed E-state index contributed by atoms with van der Waals surface area (Å²) in [5.74, 6) is -0.372. The number of nitrogens with zero attached hydrogens (tertiary/aromatic N) is 3. The maximum absolute atomic E-state index is 12.4. The number of nitriles is 1. The van der Waals surface area contributed by atoms with Gasteiger partial charge in [-0.3, -0.25) is 9.78 Å². The van der Waals surface area contributed by atoms with Crippen LogP contribution in [0, 0.1) is 25.2 Å². The number of hydrogen-bond donors (Lipinski definition) is 1. The Balaban J connectivity index is 2.10. The van der Waals surface area contributed by atoms with Crippen molar-refractivity contribution in [3.8, 4) is 6.07 Å². The van der Waals surface area contributed by atoms with Crippen LogP contribution >= 0.6 is 0 Å². The second-order valence-corrected chi connectivity index (χ2v) is 6.50. The Kier molecular flexibility index (Phi) is 7.33. The summed E-state index contributed by atoms with van der Waals surface area (Å²) in [6.07, 6.45) is 3.99. The summed E-state index contributed by atoms with van der Waals surface area (Å²) < 4.78 is 7.40. The summed E-state index contributed by atoms with van der Waals surface area (Å²) >= 11 is 0. The monoisotopic (exact) mass is 366 g/mol. The molecule has 1 amide bonds. The molecule has 2 heterocycles. The number of aryl methyl sites for hydroxylation is 1. The minimum atomic E-state index is -0.372. The largest absolute Gasteiger partial charge is 0.383 e. The van der Waals surface area contributed by atoms with E-state index in [1.807, 2.05) is 44.2 Å². The first kappa shape index (κ1) is 20.4. The van der Waals surface area contributed by atoms with Crippen molar-refractivity contribution in [2.45, 2.75) is 33.2 Å². The van der Waals surface area contributed by atoms with Crippen LogP contribution in [0.15, 0.2) is 36.0 Å². The zero-order chi connectivity index (χ0) is 19.8. The van der Waals surface area contributed by atoms with Crippen molar-refractivity contribution >= 4 is 12.0 Å². The molecular formula is C21H26N4O2. The SMILES string of the molecule is COCC(C)n1c(C)cc(/C=C(\C#N)C(=O)NCCc2ccccn2)c1C. The first-order valence-electron chi connectivity index (χ1n) is 8.95. The van der Waals surface area contributed by atoms with Crippen LogP contribution in [-0.2, 0) is 16.0 Å². The van der Waals surface area contributed by atoms with Crippen LogP contribution in [0.4, 0.5) is 0 Å². The van der Waals surface area contributed by atoms with E-state index in [4.69, 9.17) is 4.74 Å². The molecule has 0 aromatic carbocycles. The van der Waals surface area contributed by atoms with Crippen molar-refractivity contribution in [2.24, 2.45) is 0 Å². The molecule has 0 saturated carbocycles. The summed E-state index contributed by atoms with van der Waals surface area (Å²) in [5.41, 5.74) is 3.93. The van der Waals surface area contributed by atoms with Gasteiger partial charge < -0.3 is 14.6 Å². The molecule has 0 fully saturated rings. The third-order valence-electron chi connectivity index (χ3n) is 4.43. The fraction of sp³-hybridized carbons (Fsp3) is 0.381. The van der Waals surface area contributed by atoms with Gasteiger partial charge in [-0.25, -0.2) is 0 Å². The maximum atomic E-state index is 12.4. The van der Waals surface area contributed by atoms with Crippen LogP contribution < -0.4 is 5.32 Å². The van der Waals surface area contributed by atoms with E-state index in [0.717, 1.165) is 22.6 Å². The van der Waals surface area contributed by atoms with Gasteiger partial charge in [0.2, 0.25) is 0 Å². The summed E-state index contributed by atoms with van der Waals surface area (Å²) in [6, 6.07) is 9.83. The number of carbonyl (C=O) groups excluding carboxylic acids is 1. The molecule has 0 aliphatic rings. The highest BCUT2D eigenvalue weighted by atomic mass is 16.5. The fourth-order valence-electron chi connectivity index (χ4n) is 3.19. The molecule has 0 aliphatic carbocycles. The molecule has 0 saturated heterocycles. The quantitative estimate of drug-likeness (QED) is 0.575. The minimum absolute atomic E-state index is 0.0932. The molecule has 2 rings (SSSR count). The maximum Gasteiger partial charge on any atom is 0.261 e. The molecule has 27 heavy (non-hydrogen) atoms. The third-order valence-corrected chi connectivity index (χ3v) is 4.43.